The van der Waals surface area contributed by atoms with Gasteiger partial charge in [0.1, 0.15) is 0 Å². The summed E-state index contributed by atoms with van der Waals surface area (Å²) in [5.41, 5.74) is 5.30. The van der Waals surface area contributed by atoms with Crippen LogP contribution in [0.2, 0.25) is 0 Å². The molecule has 0 spiro atoms. The fourth-order valence-electron chi connectivity index (χ4n) is 2.36. The van der Waals surface area contributed by atoms with Crippen LogP contribution in [-0.2, 0) is 10.0 Å². The molecule has 1 fully saturated rings. The number of alkyl halides is 2. The molecule has 1 saturated carbocycles. The second-order valence-electron chi connectivity index (χ2n) is 5.51. The van der Waals surface area contributed by atoms with Gasteiger partial charge in [0, 0.05) is 19.5 Å². The van der Waals surface area contributed by atoms with E-state index in [4.69, 9.17) is 5.73 Å². The van der Waals surface area contributed by atoms with E-state index in [9.17, 15) is 17.2 Å². The molecule has 0 bridgehead atoms. The summed E-state index contributed by atoms with van der Waals surface area (Å²) in [5.74, 6) is -3.28. The first-order chi connectivity index (χ1) is 8.04. The van der Waals surface area contributed by atoms with E-state index in [1.165, 1.54) is 7.05 Å². The van der Waals surface area contributed by atoms with E-state index in [2.05, 4.69) is 0 Å². The van der Waals surface area contributed by atoms with E-state index in [1.54, 1.807) is 0 Å². The SMILES string of the molecule is CN(CC(C)(F)F)S(=O)(=O)CC1(N)CCCCC1. The van der Waals surface area contributed by atoms with Gasteiger partial charge < -0.3 is 5.73 Å². The maximum absolute atomic E-state index is 12.8. The van der Waals surface area contributed by atoms with Crippen molar-refractivity contribution in [2.75, 3.05) is 19.3 Å². The maximum atomic E-state index is 12.8. The summed E-state index contributed by atoms with van der Waals surface area (Å²) < 4.78 is 50.4. The predicted octanol–water partition coefficient (Wildman–Crippen LogP) is 1.56. The average Bonchev–Trinajstić information content (AvgIpc) is 2.14. The minimum atomic E-state index is -3.72. The number of hydrogen-bond acceptors (Lipinski definition) is 3. The molecule has 108 valence electrons. The Balaban J connectivity index is 2.69. The van der Waals surface area contributed by atoms with E-state index in [1.807, 2.05) is 0 Å². The van der Waals surface area contributed by atoms with Gasteiger partial charge in [0.2, 0.25) is 10.0 Å². The second-order valence-corrected chi connectivity index (χ2v) is 7.58. The number of halogens is 2. The van der Waals surface area contributed by atoms with Crippen molar-refractivity contribution < 1.29 is 17.2 Å². The number of rotatable bonds is 5. The van der Waals surface area contributed by atoms with Crippen molar-refractivity contribution in [3.05, 3.63) is 0 Å². The Kier molecular flexibility index (Phi) is 4.72. The van der Waals surface area contributed by atoms with Gasteiger partial charge in [-0.2, -0.15) is 4.31 Å². The van der Waals surface area contributed by atoms with Gasteiger partial charge in [-0.3, -0.25) is 0 Å². The lowest BCUT2D eigenvalue weighted by molar-refractivity contribution is 0.00813. The van der Waals surface area contributed by atoms with Gasteiger partial charge in [0.05, 0.1) is 12.3 Å². The molecule has 1 aliphatic carbocycles. The lowest BCUT2D eigenvalue weighted by atomic mass is 9.84. The van der Waals surface area contributed by atoms with Crippen molar-refractivity contribution in [3.63, 3.8) is 0 Å². The normalized spacial score (nSPS) is 21.2. The van der Waals surface area contributed by atoms with Crippen LogP contribution in [0.3, 0.4) is 0 Å². The van der Waals surface area contributed by atoms with Crippen molar-refractivity contribution in [2.45, 2.75) is 50.5 Å². The lowest BCUT2D eigenvalue weighted by Crippen LogP contribution is -2.51. The monoisotopic (exact) mass is 284 g/mol. The topological polar surface area (TPSA) is 63.4 Å². The lowest BCUT2D eigenvalue weighted by Gasteiger charge is -2.34. The zero-order chi connectivity index (χ0) is 14.0. The summed E-state index contributed by atoms with van der Waals surface area (Å²) in [7, 11) is -2.54. The fourth-order valence-corrected chi connectivity index (χ4v) is 4.02. The summed E-state index contributed by atoms with van der Waals surface area (Å²) in [6.45, 7) is -0.0940. The van der Waals surface area contributed by atoms with Crippen LogP contribution in [0.5, 0.6) is 0 Å². The zero-order valence-corrected chi connectivity index (χ0v) is 11.8. The molecule has 0 saturated heterocycles. The predicted molar refractivity (Wildman–Crippen MR) is 67.0 cm³/mol. The van der Waals surface area contributed by atoms with Crippen LogP contribution in [0, 0.1) is 0 Å². The fraction of sp³-hybridized carbons (Fsp3) is 1.00. The Hall–Kier alpha value is -0.270. The highest BCUT2D eigenvalue weighted by Crippen LogP contribution is 2.28. The zero-order valence-electron chi connectivity index (χ0n) is 11.0. The van der Waals surface area contributed by atoms with E-state index in [-0.39, 0.29) is 5.75 Å². The van der Waals surface area contributed by atoms with Crippen LogP contribution in [0.15, 0.2) is 0 Å². The van der Waals surface area contributed by atoms with Crippen molar-refractivity contribution in [1.29, 1.82) is 0 Å². The molecule has 0 aliphatic heterocycles. The van der Waals surface area contributed by atoms with Crippen LogP contribution in [0.1, 0.15) is 39.0 Å². The molecule has 18 heavy (non-hydrogen) atoms. The Morgan fingerprint density at radius 3 is 2.22 bits per heavy atom. The van der Waals surface area contributed by atoms with Gasteiger partial charge in [0.15, 0.2) is 0 Å². The molecule has 4 nitrogen and oxygen atoms in total. The molecule has 0 aromatic carbocycles. The first-order valence-corrected chi connectivity index (χ1v) is 7.76. The summed E-state index contributed by atoms with van der Waals surface area (Å²) >= 11 is 0. The first-order valence-electron chi connectivity index (χ1n) is 6.15. The Labute approximate surface area is 108 Å². The van der Waals surface area contributed by atoms with Gasteiger partial charge in [-0.05, 0) is 12.8 Å². The van der Waals surface area contributed by atoms with Crippen LogP contribution in [-0.4, -0.2) is 43.5 Å². The highest BCUT2D eigenvalue weighted by atomic mass is 32.2. The number of nitrogens with two attached hydrogens (primary N) is 1. The molecule has 0 radical (unpaired) electrons. The third kappa shape index (κ3) is 4.78. The molecule has 0 heterocycles. The van der Waals surface area contributed by atoms with Crippen molar-refractivity contribution in [1.82, 2.24) is 4.31 Å². The minimum absolute atomic E-state index is 0.243. The van der Waals surface area contributed by atoms with E-state index >= 15 is 0 Å². The van der Waals surface area contributed by atoms with E-state index in [0.717, 1.165) is 23.6 Å². The Morgan fingerprint density at radius 1 is 1.28 bits per heavy atom. The van der Waals surface area contributed by atoms with Crippen molar-refractivity contribution in [3.8, 4) is 0 Å². The average molecular weight is 284 g/mol. The van der Waals surface area contributed by atoms with Crippen LogP contribution < -0.4 is 5.73 Å². The van der Waals surface area contributed by atoms with Crippen LogP contribution >= 0.6 is 0 Å². The molecule has 0 unspecified atom stereocenters. The van der Waals surface area contributed by atoms with Gasteiger partial charge >= 0.3 is 0 Å². The Bertz CT molecular complexity index is 373. The van der Waals surface area contributed by atoms with Gasteiger partial charge in [0.25, 0.3) is 5.92 Å². The molecule has 1 rings (SSSR count). The second kappa shape index (κ2) is 5.38. The smallest absolute Gasteiger partial charge is 0.258 e. The molecule has 1 aliphatic rings. The van der Waals surface area contributed by atoms with Gasteiger partial charge in [-0.15, -0.1) is 0 Å². The number of sulfonamides is 1. The van der Waals surface area contributed by atoms with Gasteiger partial charge in [-0.1, -0.05) is 19.3 Å². The van der Waals surface area contributed by atoms with E-state index < -0.39 is 28.0 Å². The molecule has 0 aromatic rings. The summed E-state index contributed by atoms with van der Waals surface area (Å²) in [6, 6.07) is 0. The van der Waals surface area contributed by atoms with Crippen molar-refractivity contribution in [2.24, 2.45) is 5.73 Å². The van der Waals surface area contributed by atoms with E-state index in [0.29, 0.717) is 19.8 Å². The summed E-state index contributed by atoms with van der Waals surface area (Å²) in [4.78, 5) is 0. The Morgan fingerprint density at radius 2 is 1.78 bits per heavy atom. The minimum Gasteiger partial charge on any atom is -0.324 e. The molecule has 0 aromatic heterocycles. The third-order valence-corrected chi connectivity index (χ3v) is 5.31. The van der Waals surface area contributed by atoms with Crippen LogP contribution in [0.4, 0.5) is 8.78 Å². The molecule has 0 amide bonds. The standard InChI is InChI=1S/C11H22F2N2O2S/c1-10(12,13)8-15(2)18(16,17)9-11(14)6-4-3-5-7-11/h3-9,14H2,1-2H3. The van der Waals surface area contributed by atoms with Gasteiger partial charge in [-0.25, -0.2) is 17.2 Å². The third-order valence-electron chi connectivity index (χ3n) is 3.29. The summed E-state index contributed by atoms with van der Waals surface area (Å²) in [6.07, 6.45) is 4.15. The maximum Gasteiger partial charge on any atom is 0.258 e. The molecular weight excluding hydrogens is 262 g/mol. The quantitative estimate of drug-likeness (QED) is 0.833. The first kappa shape index (κ1) is 15.8. The number of nitrogens with zero attached hydrogens (tertiary/aromatic N) is 1. The largest absolute Gasteiger partial charge is 0.324 e. The van der Waals surface area contributed by atoms with Crippen molar-refractivity contribution >= 4 is 10.0 Å². The molecule has 7 heteroatoms. The van der Waals surface area contributed by atoms with Crippen LogP contribution in [0.25, 0.3) is 0 Å². The number of hydrogen-bond donors (Lipinski definition) is 1. The highest BCUT2D eigenvalue weighted by Gasteiger charge is 2.37. The summed E-state index contributed by atoms with van der Waals surface area (Å²) in [5, 5.41) is 0. The highest BCUT2D eigenvalue weighted by molar-refractivity contribution is 7.89. The molecular formula is C11H22F2N2O2S. The molecule has 2 N–H and O–H groups in total. The molecule has 0 atom stereocenters.